The van der Waals surface area contributed by atoms with Crippen LogP contribution in [0.3, 0.4) is 0 Å². The van der Waals surface area contributed by atoms with Crippen LogP contribution in [0.25, 0.3) is 0 Å². The number of H-pyrrole nitrogens is 1. The van der Waals surface area contributed by atoms with Gasteiger partial charge in [-0.25, -0.2) is 9.59 Å². The van der Waals surface area contributed by atoms with Crippen molar-refractivity contribution >= 4 is 41.0 Å². The summed E-state index contributed by atoms with van der Waals surface area (Å²) < 4.78 is 63.5. The molecule has 3 aromatic rings. The fourth-order valence-corrected chi connectivity index (χ4v) is 3.04. The number of hydrogen-bond acceptors (Lipinski definition) is 10. The van der Waals surface area contributed by atoms with Gasteiger partial charge < -0.3 is 31.9 Å². The monoisotopic (exact) mass is 631 g/mol. The number of aliphatic carboxylic acids is 2. The molecule has 0 saturated heterocycles. The van der Waals surface area contributed by atoms with E-state index >= 15 is 0 Å². The third kappa shape index (κ3) is 12.8. The summed E-state index contributed by atoms with van der Waals surface area (Å²) in [5.74, 6) is -2.38. The lowest BCUT2D eigenvalue weighted by Crippen LogP contribution is -2.21. The molecule has 0 aliphatic heterocycles. The molecule has 0 bridgehead atoms. The number of rotatable bonds is 10. The molecule has 1 aromatic carbocycles. The van der Waals surface area contributed by atoms with E-state index in [0.29, 0.717) is 36.5 Å². The number of carboxylic acid groups (broad SMARTS) is 2. The largest absolute Gasteiger partial charge is 0.490 e. The van der Waals surface area contributed by atoms with E-state index in [1.165, 1.54) is 12.8 Å². The second kappa shape index (κ2) is 15.9. The molecule has 19 heteroatoms. The highest BCUT2D eigenvalue weighted by molar-refractivity contribution is 5.73. The molecular formula is C25H27F6N9O4. The number of carbonyl (C=O) groups is 2. The van der Waals surface area contributed by atoms with Crippen molar-refractivity contribution in [3.05, 3.63) is 47.7 Å². The van der Waals surface area contributed by atoms with E-state index < -0.39 is 24.3 Å². The fourth-order valence-electron chi connectivity index (χ4n) is 3.04. The van der Waals surface area contributed by atoms with E-state index in [1.807, 2.05) is 36.4 Å². The first kappa shape index (κ1) is 35.1. The van der Waals surface area contributed by atoms with Crippen molar-refractivity contribution in [1.82, 2.24) is 20.2 Å². The van der Waals surface area contributed by atoms with Crippen LogP contribution in [0.2, 0.25) is 0 Å². The minimum Gasteiger partial charge on any atom is -0.475 e. The third-order valence-electron chi connectivity index (χ3n) is 5.26. The first-order valence-electron chi connectivity index (χ1n) is 12.6. The molecule has 0 unspecified atom stereocenters. The zero-order valence-corrected chi connectivity index (χ0v) is 22.6. The molecular weight excluding hydrogens is 604 g/mol. The van der Waals surface area contributed by atoms with Crippen LogP contribution in [0, 0.1) is 11.3 Å². The standard InChI is InChI=1S/C21H25N9.2C2HF3O2/c22-9-1-11-24-18-13-19(26-20-12-17(29-30-20)15-4-5-15)28-21(27-18)25-16-6-2-14(3-7-16)8-10-23;2*3-2(4,5)1(6)7/h2-3,6-7,12-13,15H,1,4-5,8-9,11,22H2,(H4,24,25,26,27,28,29,30);2*(H,6,7). The van der Waals surface area contributed by atoms with Crippen LogP contribution in [0.15, 0.2) is 36.4 Å². The number of aromatic amines is 1. The molecule has 4 rings (SSSR count). The molecule has 1 aliphatic carbocycles. The summed E-state index contributed by atoms with van der Waals surface area (Å²) in [4.78, 5) is 26.9. The Morgan fingerprint density at radius 1 is 0.955 bits per heavy atom. The quantitative estimate of drug-likeness (QED) is 0.120. The molecule has 2 aromatic heterocycles. The molecule has 0 spiro atoms. The van der Waals surface area contributed by atoms with Gasteiger partial charge in [0, 0.05) is 36.0 Å². The number of anilines is 5. The fraction of sp³-hybridized carbons (Fsp3) is 0.360. The molecule has 13 nitrogen and oxygen atoms in total. The van der Waals surface area contributed by atoms with Crippen LogP contribution in [-0.2, 0) is 16.0 Å². The number of carboxylic acids is 2. The minimum atomic E-state index is -5.08. The molecule has 44 heavy (non-hydrogen) atoms. The predicted octanol–water partition coefficient (Wildman–Crippen LogP) is 4.66. The number of benzene rings is 1. The van der Waals surface area contributed by atoms with Gasteiger partial charge in [0.25, 0.3) is 0 Å². The molecule has 1 fully saturated rings. The van der Waals surface area contributed by atoms with E-state index in [1.54, 1.807) is 0 Å². The third-order valence-corrected chi connectivity index (χ3v) is 5.26. The Labute approximate surface area is 245 Å². The summed E-state index contributed by atoms with van der Waals surface area (Å²) in [5, 5.41) is 40.3. The average molecular weight is 632 g/mol. The number of nitrogens with two attached hydrogens (primary N) is 1. The van der Waals surface area contributed by atoms with E-state index in [0.717, 1.165) is 35.7 Å². The summed E-state index contributed by atoms with van der Waals surface area (Å²) in [6, 6.07) is 13.7. The lowest BCUT2D eigenvalue weighted by atomic mass is 10.1. The van der Waals surface area contributed by atoms with Crippen LogP contribution in [0.4, 0.5) is 55.4 Å². The number of hydrogen-bond donors (Lipinski definition) is 7. The highest BCUT2D eigenvalue weighted by Gasteiger charge is 2.38. The second-order valence-corrected chi connectivity index (χ2v) is 8.90. The molecule has 238 valence electrons. The van der Waals surface area contributed by atoms with Crippen LogP contribution >= 0.6 is 0 Å². The van der Waals surface area contributed by atoms with Gasteiger partial charge in [-0.3, -0.25) is 5.10 Å². The number of alkyl halides is 6. The Kier molecular flexibility index (Phi) is 12.7. The lowest BCUT2D eigenvalue weighted by molar-refractivity contribution is -0.193. The average Bonchev–Trinajstić information content (AvgIpc) is 3.68. The van der Waals surface area contributed by atoms with Gasteiger partial charge in [-0.1, -0.05) is 12.1 Å². The SMILES string of the molecule is N#CCc1ccc(Nc2nc(NCCCN)cc(Nc3cc(C4CC4)[nH]n3)n2)cc1.O=C(O)C(F)(F)F.O=C(O)C(F)(F)F. The molecule has 2 heterocycles. The van der Waals surface area contributed by atoms with Crippen molar-refractivity contribution < 1.29 is 46.1 Å². The first-order valence-corrected chi connectivity index (χ1v) is 12.6. The van der Waals surface area contributed by atoms with E-state index in [4.69, 9.17) is 30.8 Å². The topological polar surface area (TPSA) is 215 Å². The van der Waals surface area contributed by atoms with E-state index in [2.05, 4.69) is 42.2 Å². The highest BCUT2D eigenvalue weighted by atomic mass is 19.4. The number of nitriles is 1. The molecule has 1 aliphatic rings. The molecule has 0 amide bonds. The van der Waals surface area contributed by atoms with Gasteiger partial charge in [-0.2, -0.15) is 46.7 Å². The normalized spacial score (nSPS) is 12.4. The van der Waals surface area contributed by atoms with E-state index in [9.17, 15) is 26.3 Å². The van der Waals surface area contributed by atoms with Crippen molar-refractivity contribution in [3.63, 3.8) is 0 Å². The lowest BCUT2D eigenvalue weighted by Gasteiger charge is -2.12. The zero-order valence-electron chi connectivity index (χ0n) is 22.6. The summed E-state index contributed by atoms with van der Waals surface area (Å²) in [7, 11) is 0. The Bertz CT molecular complexity index is 1400. The predicted molar refractivity (Wildman–Crippen MR) is 144 cm³/mol. The molecule has 0 radical (unpaired) electrons. The number of aromatic nitrogens is 4. The van der Waals surface area contributed by atoms with Crippen LogP contribution < -0.4 is 21.7 Å². The van der Waals surface area contributed by atoms with Crippen molar-refractivity contribution in [3.8, 4) is 6.07 Å². The maximum absolute atomic E-state index is 10.6. The van der Waals surface area contributed by atoms with Gasteiger partial charge in [0.05, 0.1) is 12.5 Å². The maximum atomic E-state index is 10.6. The molecule has 8 N–H and O–H groups in total. The van der Waals surface area contributed by atoms with Gasteiger partial charge in [0.2, 0.25) is 5.95 Å². The van der Waals surface area contributed by atoms with Gasteiger partial charge >= 0.3 is 24.3 Å². The smallest absolute Gasteiger partial charge is 0.475 e. The first-order chi connectivity index (χ1) is 20.6. The van der Waals surface area contributed by atoms with Crippen LogP contribution in [0.5, 0.6) is 0 Å². The molecule has 0 atom stereocenters. The summed E-state index contributed by atoms with van der Waals surface area (Å²) in [5.41, 5.74) is 8.56. The van der Waals surface area contributed by atoms with Crippen molar-refractivity contribution in [1.29, 1.82) is 5.26 Å². The number of nitrogens with one attached hydrogen (secondary N) is 4. The van der Waals surface area contributed by atoms with E-state index in [-0.39, 0.29) is 0 Å². The minimum absolute atomic E-state index is 0.387. The molecule has 1 saturated carbocycles. The Morgan fingerprint density at radius 3 is 2.02 bits per heavy atom. The van der Waals surface area contributed by atoms with Crippen molar-refractivity contribution in [2.24, 2.45) is 5.73 Å². The number of nitrogens with zero attached hydrogens (tertiary/aromatic N) is 4. The Balaban J connectivity index is 0.000000402. The summed E-state index contributed by atoms with van der Waals surface area (Å²) in [6.45, 7) is 1.34. The van der Waals surface area contributed by atoms with Crippen molar-refractivity contribution in [2.45, 2.75) is 44.0 Å². The second-order valence-electron chi connectivity index (χ2n) is 8.90. The van der Waals surface area contributed by atoms with Gasteiger partial charge in [-0.05, 0) is 43.5 Å². The maximum Gasteiger partial charge on any atom is 0.490 e. The van der Waals surface area contributed by atoms with Gasteiger partial charge in [0.1, 0.15) is 11.6 Å². The van der Waals surface area contributed by atoms with Crippen LogP contribution in [0.1, 0.15) is 36.4 Å². The van der Waals surface area contributed by atoms with Gasteiger partial charge in [-0.15, -0.1) is 0 Å². The zero-order chi connectivity index (χ0) is 32.9. The number of halogens is 6. The van der Waals surface area contributed by atoms with Crippen molar-refractivity contribution in [2.75, 3.05) is 29.0 Å². The summed E-state index contributed by atoms with van der Waals surface area (Å²) >= 11 is 0. The van der Waals surface area contributed by atoms with Gasteiger partial charge in [0.15, 0.2) is 5.82 Å². The highest BCUT2D eigenvalue weighted by Crippen LogP contribution is 2.39. The summed E-state index contributed by atoms with van der Waals surface area (Å²) in [6.07, 6.45) is -6.50. The Hall–Kier alpha value is -5.12. The Morgan fingerprint density at radius 2 is 1.52 bits per heavy atom. The van der Waals surface area contributed by atoms with Crippen LogP contribution in [-0.4, -0.2) is 67.8 Å².